The molecule has 4 heteroatoms. The second-order valence-electron chi connectivity index (χ2n) is 8.57. The minimum absolute atomic E-state index is 1.28. The van der Waals surface area contributed by atoms with Gasteiger partial charge in [0.05, 0.1) is 0 Å². The maximum atomic E-state index is 2.82. The van der Waals surface area contributed by atoms with Crippen molar-refractivity contribution in [3.05, 3.63) is 121 Å². The Bertz CT molecular complexity index is 918. The van der Waals surface area contributed by atoms with Crippen molar-refractivity contribution in [3.63, 3.8) is 0 Å². The van der Waals surface area contributed by atoms with E-state index in [2.05, 4.69) is 172 Å². The van der Waals surface area contributed by atoms with Crippen LogP contribution in [0.25, 0.3) is 0 Å². The Kier molecular flexibility index (Phi) is 12.3. The number of rotatable bonds is 8. The van der Waals surface area contributed by atoms with Crippen molar-refractivity contribution in [2.45, 2.75) is 35.6 Å². The van der Waals surface area contributed by atoms with Gasteiger partial charge in [0.2, 0.25) is 0 Å². The molecule has 4 aromatic rings. The fourth-order valence-corrected chi connectivity index (χ4v) is 38.7. The van der Waals surface area contributed by atoms with E-state index < -0.39 is 28.8 Å². The monoisotopic (exact) mass is 888 g/mol. The summed E-state index contributed by atoms with van der Waals surface area (Å²) in [5.74, 6) is 0. The van der Waals surface area contributed by atoms with E-state index in [0.29, 0.717) is 0 Å². The zero-order valence-electron chi connectivity index (χ0n) is 20.1. The van der Waals surface area contributed by atoms with Gasteiger partial charge >= 0.3 is 237 Å². The molecule has 176 valence electrons. The molecule has 0 fully saturated rings. The van der Waals surface area contributed by atoms with Crippen LogP contribution in [0.1, 0.15) is 26.7 Å². The summed E-state index contributed by atoms with van der Waals surface area (Å²) in [4.78, 5) is 0. The average molecular weight is 886 g/mol. The Balaban J connectivity index is 0.000000191. The van der Waals surface area contributed by atoms with E-state index in [1.807, 2.05) is 0 Å². The van der Waals surface area contributed by atoms with E-state index in [-0.39, 0.29) is 0 Å². The van der Waals surface area contributed by atoms with Gasteiger partial charge in [-0.2, -0.15) is 0 Å². The van der Waals surface area contributed by atoms with Crippen LogP contribution in [-0.4, -0.2) is 28.8 Å². The molecule has 0 saturated carbocycles. The minimum atomic E-state index is -2.37. The molecule has 0 heterocycles. The Morgan fingerprint density at radius 1 is 0.412 bits per heavy atom. The van der Waals surface area contributed by atoms with Crippen LogP contribution in [0.15, 0.2) is 121 Å². The van der Waals surface area contributed by atoms with Crippen LogP contribution in [0.3, 0.4) is 0 Å². The Morgan fingerprint density at radius 3 is 0.794 bits per heavy atom. The van der Waals surface area contributed by atoms with Crippen molar-refractivity contribution in [2.24, 2.45) is 0 Å². The normalized spacial score (nSPS) is 11.4. The standard InChI is InChI=1S/4C6H5.2C3H7.2HI.2Sn/c4*1-2-4-6-5-3-1;2*1-3-2;;;;/h4*1-5H;2*1,3H2,2H3;2*1H;;/q;;;;;;;;2*+1/p-2. The first-order chi connectivity index (χ1) is 16.5. The molecule has 4 rings (SSSR count). The van der Waals surface area contributed by atoms with Crippen molar-refractivity contribution in [1.82, 2.24) is 0 Å². The molecule has 0 aliphatic carbocycles. The van der Waals surface area contributed by atoms with Gasteiger partial charge in [0.15, 0.2) is 0 Å². The number of hydrogen-bond donors (Lipinski definition) is 0. The van der Waals surface area contributed by atoms with Crippen molar-refractivity contribution < 1.29 is 0 Å². The molecule has 0 atom stereocenters. The maximum absolute atomic E-state index is 2.82. The van der Waals surface area contributed by atoms with Crippen molar-refractivity contribution in [1.29, 1.82) is 0 Å². The predicted molar refractivity (Wildman–Crippen MR) is 174 cm³/mol. The molecule has 0 N–H and O–H groups in total. The Morgan fingerprint density at radius 2 is 0.618 bits per heavy atom. The molecule has 0 aliphatic rings. The molecule has 34 heavy (non-hydrogen) atoms. The summed E-state index contributed by atoms with van der Waals surface area (Å²) < 4.78 is 9.18. The van der Waals surface area contributed by atoms with Gasteiger partial charge in [0.25, 0.3) is 0 Å². The molecular formula is C30H34I2Sn2. The molecule has 0 amide bonds. The third-order valence-electron chi connectivity index (χ3n) is 6.11. The fourth-order valence-electron chi connectivity index (χ4n) is 4.41. The molecule has 0 unspecified atom stereocenters. The van der Waals surface area contributed by atoms with E-state index in [9.17, 15) is 0 Å². The van der Waals surface area contributed by atoms with Crippen molar-refractivity contribution in [2.75, 3.05) is 0 Å². The SMILES string of the molecule is CC[CH2][Sn]([I])([c]1ccccc1)[c]1ccccc1.CC[CH2][Sn]([I])([c]1ccccc1)[c]1ccccc1. The molecule has 0 saturated heterocycles. The van der Waals surface area contributed by atoms with Crippen molar-refractivity contribution >= 4 is 80.4 Å². The van der Waals surface area contributed by atoms with E-state index in [4.69, 9.17) is 0 Å². The van der Waals surface area contributed by atoms with E-state index in [0.717, 1.165) is 0 Å². The van der Waals surface area contributed by atoms with E-state index in [1.54, 1.807) is 14.3 Å². The third kappa shape index (κ3) is 7.48. The van der Waals surface area contributed by atoms with Crippen LogP contribution in [-0.2, 0) is 0 Å². The summed E-state index contributed by atoms with van der Waals surface area (Å²) in [6.07, 6.45) is 2.56. The predicted octanol–water partition coefficient (Wildman–Crippen LogP) is 7.18. The summed E-state index contributed by atoms with van der Waals surface area (Å²) >= 11 is 0.893. The molecule has 0 aromatic heterocycles. The first-order valence-corrected chi connectivity index (χ1v) is 38.5. The summed E-state index contributed by atoms with van der Waals surface area (Å²) in [6, 6.07) is 44.5. The quantitative estimate of drug-likeness (QED) is 0.130. The average Bonchev–Trinajstić information content (AvgIpc) is 2.91. The summed E-state index contributed by atoms with van der Waals surface area (Å²) in [7, 11) is 0. The summed E-state index contributed by atoms with van der Waals surface area (Å²) in [5.41, 5.74) is 0. The van der Waals surface area contributed by atoms with Gasteiger partial charge in [-0.05, 0) is 0 Å². The fraction of sp³-hybridized carbons (Fsp3) is 0.200. The Hall–Kier alpha value is -0.0626. The van der Waals surface area contributed by atoms with Crippen molar-refractivity contribution in [3.8, 4) is 0 Å². The van der Waals surface area contributed by atoms with Gasteiger partial charge in [0.1, 0.15) is 0 Å². The summed E-state index contributed by atoms with van der Waals surface area (Å²) in [5, 5.41) is 0. The number of halogens is 2. The zero-order chi connectivity index (χ0) is 24.3. The summed E-state index contributed by atoms with van der Waals surface area (Å²) in [6.45, 7) is 4.60. The van der Waals surface area contributed by atoms with Crippen LogP contribution < -0.4 is 14.3 Å². The molecule has 0 spiro atoms. The van der Waals surface area contributed by atoms with E-state index >= 15 is 0 Å². The number of benzene rings is 4. The molecule has 0 bridgehead atoms. The topological polar surface area (TPSA) is 0 Å². The zero-order valence-corrected chi connectivity index (χ0v) is 30.2. The van der Waals surface area contributed by atoms with Gasteiger partial charge < -0.3 is 0 Å². The van der Waals surface area contributed by atoms with Crippen LogP contribution in [0.2, 0.25) is 8.87 Å². The second-order valence-corrected chi connectivity index (χ2v) is 51.9. The van der Waals surface area contributed by atoms with Crippen LogP contribution in [0.4, 0.5) is 0 Å². The molecule has 4 aromatic carbocycles. The number of hydrogen-bond acceptors (Lipinski definition) is 0. The molecular weight excluding hydrogens is 852 g/mol. The van der Waals surface area contributed by atoms with Crippen LogP contribution >= 0.6 is 37.3 Å². The second kappa shape index (κ2) is 14.6. The van der Waals surface area contributed by atoms with Gasteiger partial charge in [-0.1, -0.05) is 0 Å². The first-order valence-electron chi connectivity index (χ1n) is 12.1. The van der Waals surface area contributed by atoms with Gasteiger partial charge in [-0.25, -0.2) is 0 Å². The Labute approximate surface area is 234 Å². The van der Waals surface area contributed by atoms with Crippen LogP contribution in [0.5, 0.6) is 0 Å². The van der Waals surface area contributed by atoms with Gasteiger partial charge in [-0.15, -0.1) is 0 Å². The van der Waals surface area contributed by atoms with Crippen LogP contribution in [0, 0.1) is 0 Å². The van der Waals surface area contributed by atoms with Gasteiger partial charge in [0, 0.05) is 0 Å². The van der Waals surface area contributed by atoms with Gasteiger partial charge in [-0.3, -0.25) is 0 Å². The molecule has 0 radical (unpaired) electrons. The third-order valence-corrected chi connectivity index (χ3v) is 51.1. The van der Waals surface area contributed by atoms with E-state index in [1.165, 1.54) is 21.7 Å². The first kappa shape index (κ1) is 28.5. The molecule has 0 aliphatic heterocycles. The molecule has 0 nitrogen and oxygen atoms in total.